The molecule has 0 fully saturated rings. The minimum absolute atomic E-state index is 0.273. The van der Waals surface area contributed by atoms with Gasteiger partial charge in [-0.1, -0.05) is 12.7 Å². The molecule has 5 nitrogen and oxygen atoms in total. The molecular weight excluding hydrogens is 292 g/mol. The summed E-state index contributed by atoms with van der Waals surface area (Å²) in [7, 11) is 0. The fourth-order valence-electron chi connectivity index (χ4n) is 2.23. The predicted octanol–water partition coefficient (Wildman–Crippen LogP) is 3.95. The third-order valence-electron chi connectivity index (χ3n) is 3.31. The van der Waals surface area contributed by atoms with Gasteiger partial charge in [-0.2, -0.15) is 0 Å². The molecule has 1 amide bonds. The fourth-order valence-corrected chi connectivity index (χ4v) is 2.23. The number of carbonyl (C=O) groups excluding carboxylic acids is 1. The van der Waals surface area contributed by atoms with E-state index in [-0.39, 0.29) is 5.91 Å². The number of benzene rings is 1. The maximum atomic E-state index is 12.4. The fraction of sp³-hybridized carbons (Fsp3) is 0.111. The van der Waals surface area contributed by atoms with Crippen molar-refractivity contribution in [2.45, 2.75) is 6.92 Å². The van der Waals surface area contributed by atoms with E-state index in [2.05, 4.69) is 16.9 Å². The van der Waals surface area contributed by atoms with E-state index in [4.69, 9.17) is 9.15 Å². The molecule has 0 aliphatic rings. The van der Waals surface area contributed by atoms with Crippen LogP contribution in [0.1, 0.15) is 15.9 Å². The summed E-state index contributed by atoms with van der Waals surface area (Å²) in [5, 5.41) is 3.59. The van der Waals surface area contributed by atoms with Gasteiger partial charge in [0.2, 0.25) is 0 Å². The molecule has 0 radical (unpaired) electrons. The van der Waals surface area contributed by atoms with Crippen molar-refractivity contribution in [1.82, 2.24) is 4.98 Å². The van der Waals surface area contributed by atoms with E-state index < -0.39 is 0 Å². The van der Waals surface area contributed by atoms with E-state index in [1.165, 1.54) is 0 Å². The molecule has 23 heavy (non-hydrogen) atoms. The smallest absolute Gasteiger partial charge is 0.257 e. The quantitative estimate of drug-likeness (QED) is 0.725. The number of anilines is 1. The molecule has 1 N–H and O–H groups in total. The maximum Gasteiger partial charge on any atom is 0.257 e. The zero-order valence-corrected chi connectivity index (χ0v) is 12.7. The molecule has 0 unspecified atom stereocenters. The number of pyridine rings is 1. The first-order valence-electron chi connectivity index (χ1n) is 7.16. The van der Waals surface area contributed by atoms with Gasteiger partial charge < -0.3 is 14.5 Å². The highest BCUT2D eigenvalue weighted by molar-refractivity contribution is 6.06. The minimum atomic E-state index is -0.273. The van der Waals surface area contributed by atoms with Crippen LogP contribution in [-0.2, 0) is 0 Å². The first-order chi connectivity index (χ1) is 11.2. The van der Waals surface area contributed by atoms with Gasteiger partial charge in [0.15, 0.2) is 0 Å². The van der Waals surface area contributed by atoms with Crippen molar-refractivity contribution in [2.75, 3.05) is 11.9 Å². The zero-order valence-electron chi connectivity index (χ0n) is 12.7. The molecular formula is C18H16N2O3. The number of hydrogen-bond acceptors (Lipinski definition) is 4. The molecule has 116 valence electrons. The Hall–Kier alpha value is -3.08. The highest BCUT2D eigenvalue weighted by atomic mass is 16.5. The van der Waals surface area contributed by atoms with Gasteiger partial charge in [-0.3, -0.25) is 4.79 Å². The number of amides is 1. The van der Waals surface area contributed by atoms with Crippen LogP contribution in [0.25, 0.3) is 11.0 Å². The maximum absolute atomic E-state index is 12.4. The number of fused-ring (bicyclic) bond motifs is 1. The molecule has 5 heteroatoms. The minimum Gasteiger partial charge on any atom is -0.489 e. The molecule has 2 heterocycles. The van der Waals surface area contributed by atoms with E-state index in [1.807, 2.05) is 13.0 Å². The third kappa shape index (κ3) is 3.23. The lowest BCUT2D eigenvalue weighted by Crippen LogP contribution is -2.13. The summed E-state index contributed by atoms with van der Waals surface area (Å²) in [5.41, 5.74) is 2.05. The summed E-state index contributed by atoms with van der Waals surface area (Å²) >= 11 is 0. The number of carbonyl (C=O) groups is 1. The second-order valence-electron chi connectivity index (χ2n) is 5.08. The van der Waals surface area contributed by atoms with Gasteiger partial charge in [0.1, 0.15) is 23.8 Å². The summed E-state index contributed by atoms with van der Waals surface area (Å²) in [6.45, 7) is 5.92. The second kappa shape index (κ2) is 6.36. The Morgan fingerprint density at radius 1 is 1.39 bits per heavy atom. The largest absolute Gasteiger partial charge is 0.489 e. The Bertz CT molecular complexity index is 868. The van der Waals surface area contributed by atoms with Crippen molar-refractivity contribution < 1.29 is 13.9 Å². The van der Waals surface area contributed by atoms with Crippen molar-refractivity contribution in [2.24, 2.45) is 0 Å². The second-order valence-corrected chi connectivity index (χ2v) is 5.08. The van der Waals surface area contributed by atoms with Crippen LogP contribution < -0.4 is 10.1 Å². The van der Waals surface area contributed by atoms with Crippen LogP contribution in [0.4, 0.5) is 5.82 Å². The number of aryl methyl sites for hydroxylation is 1. The number of ether oxygens (including phenoxy) is 1. The Kier molecular flexibility index (Phi) is 4.10. The molecule has 0 atom stereocenters. The number of aromatic nitrogens is 1. The summed E-state index contributed by atoms with van der Waals surface area (Å²) in [4.78, 5) is 16.6. The monoisotopic (exact) mass is 308 g/mol. The molecule has 0 spiro atoms. The molecule has 1 aromatic carbocycles. The number of nitrogens with zero attached hydrogens (tertiary/aromatic N) is 1. The standard InChI is InChI=1S/C18H16N2O3/c1-3-7-22-15-10-13(11-16-14(15)5-8-23-16)18(21)20-17-9-12(2)4-6-19-17/h3-6,8-11H,1,7H2,2H3,(H,19,20,21). The highest BCUT2D eigenvalue weighted by Gasteiger charge is 2.13. The van der Waals surface area contributed by atoms with Crippen LogP contribution in [0.15, 0.2) is 59.9 Å². The molecule has 0 aliphatic carbocycles. The van der Waals surface area contributed by atoms with Crippen molar-refractivity contribution in [3.63, 3.8) is 0 Å². The predicted molar refractivity (Wildman–Crippen MR) is 88.8 cm³/mol. The summed E-state index contributed by atoms with van der Waals surface area (Å²) < 4.78 is 11.0. The first-order valence-corrected chi connectivity index (χ1v) is 7.16. The number of furan rings is 1. The Morgan fingerprint density at radius 2 is 2.26 bits per heavy atom. The lowest BCUT2D eigenvalue weighted by molar-refractivity contribution is 0.102. The number of nitrogens with one attached hydrogen (secondary N) is 1. The van der Waals surface area contributed by atoms with Gasteiger partial charge in [-0.15, -0.1) is 0 Å². The molecule has 0 bridgehead atoms. The molecule has 0 saturated carbocycles. The van der Waals surface area contributed by atoms with Gasteiger partial charge >= 0.3 is 0 Å². The number of rotatable bonds is 5. The van der Waals surface area contributed by atoms with Crippen molar-refractivity contribution in [3.05, 3.63) is 66.6 Å². The summed E-state index contributed by atoms with van der Waals surface area (Å²) in [6, 6.07) is 8.84. The van der Waals surface area contributed by atoms with Crippen molar-refractivity contribution in [1.29, 1.82) is 0 Å². The van der Waals surface area contributed by atoms with Gasteiger partial charge in [0, 0.05) is 11.8 Å². The van der Waals surface area contributed by atoms with E-state index in [0.29, 0.717) is 29.3 Å². The van der Waals surface area contributed by atoms with E-state index in [1.54, 1.807) is 42.8 Å². The van der Waals surface area contributed by atoms with E-state index >= 15 is 0 Å². The third-order valence-corrected chi connectivity index (χ3v) is 3.31. The molecule has 0 saturated heterocycles. The average molecular weight is 308 g/mol. The van der Waals surface area contributed by atoms with Crippen molar-refractivity contribution >= 4 is 22.7 Å². The highest BCUT2D eigenvalue weighted by Crippen LogP contribution is 2.29. The topological polar surface area (TPSA) is 64.4 Å². The van der Waals surface area contributed by atoms with Crippen LogP contribution in [0.3, 0.4) is 0 Å². The average Bonchev–Trinajstić information content (AvgIpc) is 3.01. The first kappa shape index (κ1) is 14.8. The number of hydrogen-bond donors (Lipinski definition) is 1. The van der Waals surface area contributed by atoms with Crippen LogP contribution in [0.2, 0.25) is 0 Å². The lowest BCUT2D eigenvalue weighted by Gasteiger charge is -2.09. The molecule has 2 aromatic heterocycles. The SMILES string of the molecule is C=CCOc1cc(C(=O)Nc2cc(C)ccn2)cc2occc12. The van der Waals surface area contributed by atoms with Crippen LogP contribution in [-0.4, -0.2) is 17.5 Å². The zero-order chi connectivity index (χ0) is 16.2. The molecule has 3 aromatic rings. The van der Waals surface area contributed by atoms with E-state index in [0.717, 1.165) is 10.9 Å². The van der Waals surface area contributed by atoms with Gasteiger partial charge in [-0.05, 0) is 42.8 Å². The van der Waals surface area contributed by atoms with Crippen molar-refractivity contribution in [3.8, 4) is 5.75 Å². The Morgan fingerprint density at radius 3 is 3.04 bits per heavy atom. The van der Waals surface area contributed by atoms with Gasteiger partial charge in [0.25, 0.3) is 5.91 Å². The van der Waals surface area contributed by atoms with Gasteiger partial charge in [-0.25, -0.2) is 4.98 Å². The molecule has 0 aliphatic heterocycles. The van der Waals surface area contributed by atoms with Crippen LogP contribution in [0, 0.1) is 6.92 Å². The Balaban J connectivity index is 1.92. The summed E-state index contributed by atoms with van der Waals surface area (Å²) in [5.74, 6) is 0.812. The lowest BCUT2D eigenvalue weighted by atomic mass is 10.1. The Labute approximate surface area is 133 Å². The van der Waals surface area contributed by atoms with E-state index in [9.17, 15) is 4.79 Å². The summed E-state index contributed by atoms with van der Waals surface area (Å²) in [6.07, 6.45) is 4.86. The van der Waals surface area contributed by atoms with Crippen LogP contribution in [0.5, 0.6) is 5.75 Å². The van der Waals surface area contributed by atoms with Gasteiger partial charge in [0.05, 0.1) is 11.6 Å². The van der Waals surface area contributed by atoms with Crippen LogP contribution >= 0.6 is 0 Å². The molecule has 3 rings (SSSR count). The normalized spacial score (nSPS) is 10.5.